The van der Waals surface area contributed by atoms with Crippen molar-refractivity contribution in [3.63, 3.8) is 0 Å². The van der Waals surface area contributed by atoms with Crippen molar-refractivity contribution in [2.24, 2.45) is 28.6 Å². The van der Waals surface area contributed by atoms with E-state index in [4.69, 9.17) is 14.2 Å². The Bertz CT molecular complexity index is 820. The Kier molecular flexibility index (Phi) is 4.55. The minimum atomic E-state index is -1.96. The fourth-order valence-corrected chi connectivity index (χ4v) is 7.54. The van der Waals surface area contributed by atoms with E-state index < -0.39 is 58.7 Å². The van der Waals surface area contributed by atoms with Gasteiger partial charge in [0, 0.05) is 23.9 Å². The summed E-state index contributed by atoms with van der Waals surface area (Å²) in [5, 5.41) is 34.9. The summed E-state index contributed by atoms with van der Waals surface area (Å²) in [5.74, 6) is -1.83. The SMILES string of the molecule is COC1=CC(C)C2CC3OC(=O)CC4(O)C(C)(O)C(OC)C(O)C(C2(C)C1=O)C34C. The molecule has 1 saturated heterocycles. The maximum Gasteiger partial charge on any atom is 0.309 e. The third-order valence-electron chi connectivity index (χ3n) is 9.04. The first-order chi connectivity index (χ1) is 13.8. The lowest BCUT2D eigenvalue weighted by Gasteiger charge is -2.72. The molecule has 1 aliphatic heterocycles. The Morgan fingerprint density at radius 3 is 2.37 bits per heavy atom. The van der Waals surface area contributed by atoms with Crippen molar-refractivity contribution in [1.82, 2.24) is 0 Å². The molecule has 4 rings (SSSR count). The molecule has 10 unspecified atom stereocenters. The highest BCUT2D eigenvalue weighted by atomic mass is 16.6. The van der Waals surface area contributed by atoms with E-state index >= 15 is 0 Å². The van der Waals surface area contributed by atoms with Gasteiger partial charge in [-0.3, -0.25) is 9.59 Å². The number of hydrogen-bond acceptors (Lipinski definition) is 8. The first-order valence-electron chi connectivity index (χ1n) is 10.5. The average molecular weight is 424 g/mol. The van der Waals surface area contributed by atoms with Gasteiger partial charge in [-0.05, 0) is 31.3 Å². The first-order valence-corrected chi connectivity index (χ1v) is 10.5. The zero-order chi connectivity index (χ0) is 22.4. The monoisotopic (exact) mass is 424 g/mol. The predicted octanol–water partition coefficient (Wildman–Crippen LogP) is 0.571. The molecular formula is C22H32O8. The minimum absolute atomic E-state index is 0.0865. The second kappa shape index (κ2) is 6.28. The van der Waals surface area contributed by atoms with Gasteiger partial charge in [-0.15, -0.1) is 0 Å². The van der Waals surface area contributed by atoms with Gasteiger partial charge in [0.15, 0.2) is 5.76 Å². The third kappa shape index (κ3) is 2.16. The highest BCUT2D eigenvalue weighted by Gasteiger charge is 2.81. The fourth-order valence-electron chi connectivity index (χ4n) is 7.54. The van der Waals surface area contributed by atoms with E-state index in [1.54, 1.807) is 19.9 Å². The number of rotatable bonds is 2. The summed E-state index contributed by atoms with van der Waals surface area (Å²) in [7, 11) is 2.77. The number of carbonyl (C=O) groups is 2. The van der Waals surface area contributed by atoms with Crippen LogP contribution in [0.4, 0.5) is 0 Å². The highest BCUT2D eigenvalue weighted by Crippen LogP contribution is 2.70. The Morgan fingerprint density at radius 2 is 1.80 bits per heavy atom. The zero-order valence-electron chi connectivity index (χ0n) is 18.3. The molecule has 3 N–H and O–H groups in total. The van der Waals surface area contributed by atoms with Crippen molar-refractivity contribution < 1.29 is 39.1 Å². The number of esters is 1. The standard InChI is InChI=1S/C22H32O8/c1-10-7-12(28-5)17(25)19(2)11(10)8-13-20(3)16(19)15(24)18(29-6)21(4,26)22(20,27)9-14(23)30-13/h7,10-11,13,15-16,18,24,26-27H,8-9H2,1-6H3. The maximum absolute atomic E-state index is 13.6. The molecule has 0 radical (unpaired) electrons. The quantitative estimate of drug-likeness (QED) is 0.550. The van der Waals surface area contributed by atoms with Crippen LogP contribution in [0.5, 0.6) is 0 Å². The highest BCUT2D eigenvalue weighted by molar-refractivity contribution is 6.00. The zero-order valence-corrected chi connectivity index (χ0v) is 18.3. The summed E-state index contributed by atoms with van der Waals surface area (Å²) in [6.45, 7) is 6.85. The van der Waals surface area contributed by atoms with E-state index in [0.717, 1.165) is 0 Å². The Balaban J connectivity index is 2.01. The molecule has 1 heterocycles. The molecule has 3 fully saturated rings. The van der Waals surface area contributed by atoms with Crippen LogP contribution < -0.4 is 0 Å². The smallest absolute Gasteiger partial charge is 0.309 e. The van der Waals surface area contributed by atoms with Crippen LogP contribution in [0.1, 0.15) is 40.5 Å². The van der Waals surface area contributed by atoms with E-state index in [-0.39, 0.29) is 23.4 Å². The molecule has 0 bridgehead atoms. The van der Waals surface area contributed by atoms with Crippen LogP contribution in [0, 0.1) is 28.6 Å². The normalized spacial score (nSPS) is 55.2. The van der Waals surface area contributed by atoms with Gasteiger partial charge >= 0.3 is 5.97 Å². The lowest BCUT2D eigenvalue weighted by molar-refractivity contribution is -0.371. The molecule has 2 saturated carbocycles. The van der Waals surface area contributed by atoms with Crippen molar-refractivity contribution in [3.8, 4) is 0 Å². The number of allylic oxidation sites excluding steroid dienone is 2. The first kappa shape index (κ1) is 21.7. The minimum Gasteiger partial charge on any atom is -0.493 e. The molecule has 3 aliphatic carbocycles. The predicted molar refractivity (Wildman–Crippen MR) is 104 cm³/mol. The van der Waals surface area contributed by atoms with Crippen LogP contribution >= 0.6 is 0 Å². The molecule has 0 aromatic rings. The number of fused-ring (bicyclic) bond motifs is 2. The fraction of sp³-hybridized carbons (Fsp3) is 0.818. The van der Waals surface area contributed by atoms with Crippen LogP contribution in [0.25, 0.3) is 0 Å². The van der Waals surface area contributed by atoms with Gasteiger partial charge < -0.3 is 29.5 Å². The molecule has 10 atom stereocenters. The lowest BCUT2D eigenvalue weighted by Crippen LogP contribution is -2.85. The molecular weight excluding hydrogens is 392 g/mol. The number of carbonyl (C=O) groups excluding carboxylic acids is 2. The second-order valence-corrected chi connectivity index (χ2v) is 10.1. The van der Waals surface area contributed by atoms with Crippen LogP contribution in [-0.2, 0) is 23.8 Å². The molecule has 4 aliphatic rings. The van der Waals surface area contributed by atoms with Crippen LogP contribution in [0.2, 0.25) is 0 Å². The second-order valence-electron chi connectivity index (χ2n) is 10.1. The number of ketones is 1. The Hall–Kier alpha value is -1.48. The molecule has 0 spiro atoms. The van der Waals surface area contributed by atoms with Crippen molar-refractivity contribution in [2.75, 3.05) is 14.2 Å². The molecule has 0 aromatic heterocycles. The summed E-state index contributed by atoms with van der Waals surface area (Å²) in [5.41, 5.74) is -6.31. The Labute approximate surface area is 176 Å². The summed E-state index contributed by atoms with van der Waals surface area (Å²) in [4.78, 5) is 26.2. The largest absolute Gasteiger partial charge is 0.493 e. The van der Waals surface area contributed by atoms with Gasteiger partial charge in [-0.1, -0.05) is 20.8 Å². The van der Waals surface area contributed by atoms with Gasteiger partial charge in [0.1, 0.15) is 23.4 Å². The number of methoxy groups -OCH3 is 2. The van der Waals surface area contributed by atoms with Gasteiger partial charge in [0.05, 0.1) is 19.6 Å². The number of Topliss-reactive ketones (excluding diaryl/α,β-unsaturated/α-hetero) is 1. The topological polar surface area (TPSA) is 123 Å². The maximum atomic E-state index is 13.6. The van der Waals surface area contributed by atoms with E-state index in [9.17, 15) is 24.9 Å². The van der Waals surface area contributed by atoms with Gasteiger partial charge in [0.25, 0.3) is 0 Å². The van der Waals surface area contributed by atoms with Crippen molar-refractivity contribution in [1.29, 1.82) is 0 Å². The third-order valence-corrected chi connectivity index (χ3v) is 9.04. The van der Waals surface area contributed by atoms with Crippen molar-refractivity contribution in [2.45, 2.75) is 70.1 Å². The van der Waals surface area contributed by atoms with E-state index in [1.165, 1.54) is 21.1 Å². The number of aliphatic hydroxyl groups excluding tert-OH is 1. The van der Waals surface area contributed by atoms with Crippen molar-refractivity contribution >= 4 is 11.8 Å². The van der Waals surface area contributed by atoms with Gasteiger partial charge in [0.2, 0.25) is 5.78 Å². The van der Waals surface area contributed by atoms with Gasteiger partial charge in [-0.25, -0.2) is 0 Å². The molecule has 0 aromatic carbocycles. The van der Waals surface area contributed by atoms with Gasteiger partial charge in [-0.2, -0.15) is 0 Å². The van der Waals surface area contributed by atoms with Crippen molar-refractivity contribution in [3.05, 3.63) is 11.8 Å². The molecule has 30 heavy (non-hydrogen) atoms. The van der Waals surface area contributed by atoms with Crippen LogP contribution in [0.3, 0.4) is 0 Å². The molecule has 168 valence electrons. The van der Waals surface area contributed by atoms with Crippen LogP contribution in [0.15, 0.2) is 11.8 Å². The van der Waals surface area contributed by atoms with E-state index in [1.807, 2.05) is 6.92 Å². The summed E-state index contributed by atoms with van der Waals surface area (Å²) >= 11 is 0. The molecule has 8 nitrogen and oxygen atoms in total. The number of ether oxygens (including phenoxy) is 3. The van der Waals surface area contributed by atoms with E-state index in [2.05, 4.69) is 0 Å². The number of aliphatic hydroxyl groups is 3. The summed E-state index contributed by atoms with van der Waals surface area (Å²) in [6, 6.07) is 0. The molecule has 8 heteroatoms. The Morgan fingerprint density at radius 1 is 1.17 bits per heavy atom. The number of hydrogen-bond donors (Lipinski definition) is 3. The van der Waals surface area contributed by atoms with E-state index in [0.29, 0.717) is 6.42 Å². The lowest BCUT2D eigenvalue weighted by atomic mass is 9.36. The average Bonchev–Trinajstić information content (AvgIpc) is 2.64. The summed E-state index contributed by atoms with van der Waals surface area (Å²) < 4.78 is 16.6. The molecule has 0 amide bonds. The van der Waals surface area contributed by atoms with Crippen LogP contribution in [-0.4, -0.2) is 70.8 Å². The summed E-state index contributed by atoms with van der Waals surface area (Å²) in [6.07, 6.45) is -1.60.